The van der Waals surface area contributed by atoms with Crippen LogP contribution >= 0.6 is 11.6 Å². The monoisotopic (exact) mass is 444 g/mol. The zero-order valence-electron chi connectivity index (χ0n) is 19.1. The van der Waals surface area contributed by atoms with Crippen LogP contribution in [0.2, 0.25) is 0 Å². The number of halogens is 1. The summed E-state index contributed by atoms with van der Waals surface area (Å²) in [7, 11) is 0. The van der Waals surface area contributed by atoms with Crippen molar-refractivity contribution in [1.29, 1.82) is 0 Å². The molecule has 164 valence electrons. The molecule has 3 heteroatoms. The van der Waals surface area contributed by atoms with Crippen molar-refractivity contribution in [3.8, 4) is 11.1 Å². The van der Waals surface area contributed by atoms with Crippen molar-refractivity contribution < 1.29 is 9.53 Å². The minimum atomic E-state index is -0.183. The van der Waals surface area contributed by atoms with E-state index in [0.717, 1.165) is 22.3 Å². The van der Waals surface area contributed by atoms with Crippen molar-refractivity contribution in [3.63, 3.8) is 0 Å². The van der Waals surface area contributed by atoms with Crippen LogP contribution in [0.4, 0.5) is 0 Å². The largest absolute Gasteiger partial charge is 0.461 e. The number of aryl methyl sites for hydroxylation is 1. The van der Waals surface area contributed by atoms with Crippen molar-refractivity contribution in [2.45, 2.75) is 34.3 Å². The van der Waals surface area contributed by atoms with Gasteiger partial charge in [0.2, 0.25) is 0 Å². The molecule has 1 aliphatic carbocycles. The van der Waals surface area contributed by atoms with E-state index in [4.69, 9.17) is 16.3 Å². The van der Waals surface area contributed by atoms with Gasteiger partial charge in [0.05, 0.1) is 5.92 Å². The summed E-state index contributed by atoms with van der Waals surface area (Å²) in [6, 6.07) is 24.4. The lowest BCUT2D eigenvalue weighted by molar-refractivity contribution is -0.147. The quantitative estimate of drug-likeness (QED) is 0.366. The SMILES string of the molecule is Cc1ccc(-c2ccccc2)c(C)c1COC(=O)C1C(C=C(Cl)c2ccccc2)C1(C)C. The first-order valence-corrected chi connectivity index (χ1v) is 11.4. The van der Waals surface area contributed by atoms with Crippen molar-refractivity contribution >= 4 is 22.6 Å². The fourth-order valence-corrected chi connectivity index (χ4v) is 4.83. The molecule has 0 spiro atoms. The van der Waals surface area contributed by atoms with Crippen molar-refractivity contribution in [2.24, 2.45) is 17.3 Å². The molecule has 0 aliphatic heterocycles. The summed E-state index contributed by atoms with van der Waals surface area (Å²) < 4.78 is 5.85. The maximum Gasteiger partial charge on any atom is 0.310 e. The summed E-state index contributed by atoms with van der Waals surface area (Å²) in [6.45, 7) is 8.65. The Morgan fingerprint density at radius 2 is 1.59 bits per heavy atom. The first-order chi connectivity index (χ1) is 15.3. The Bertz CT molecular complexity index is 1150. The van der Waals surface area contributed by atoms with E-state index < -0.39 is 0 Å². The van der Waals surface area contributed by atoms with Crippen LogP contribution in [-0.4, -0.2) is 5.97 Å². The lowest BCUT2D eigenvalue weighted by Crippen LogP contribution is -2.12. The van der Waals surface area contributed by atoms with Gasteiger partial charge in [-0.1, -0.05) is 104 Å². The highest BCUT2D eigenvalue weighted by molar-refractivity contribution is 6.48. The van der Waals surface area contributed by atoms with Gasteiger partial charge in [-0.2, -0.15) is 0 Å². The molecule has 1 aliphatic rings. The zero-order valence-corrected chi connectivity index (χ0v) is 19.8. The summed E-state index contributed by atoms with van der Waals surface area (Å²) in [5.41, 5.74) is 6.50. The zero-order chi connectivity index (χ0) is 22.9. The summed E-state index contributed by atoms with van der Waals surface area (Å²) >= 11 is 6.54. The van der Waals surface area contributed by atoms with Gasteiger partial charge < -0.3 is 4.74 Å². The third-order valence-corrected chi connectivity index (χ3v) is 7.16. The van der Waals surface area contributed by atoms with Gasteiger partial charge >= 0.3 is 5.97 Å². The molecule has 0 radical (unpaired) electrons. The van der Waals surface area contributed by atoms with Gasteiger partial charge in [-0.15, -0.1) is 0 Å². The highest BCUT2D eigenvalue weighted by atomic mass is 35.5. The third-order valence-electron chi connectivity index (χ3n) is 6.82. The molecule has 2 nitrogen and oxygen atoms in total. The van der Waals surface area contributed by atoms with Crippen LogP contribution in [0.5, 0.6) is 0 Å². The van der Waals surface area contributed by atoms with E-state index in [0.29, 0.717) is 5.03 Å². The molecule has 0 aromatic heterocycles. The molecular formula is C29H29ClO2. The maximum absolute atomic E-state index is 13.0. The number of carbonyl (C=O) groups is 1. The molecule has 0 heterocycles. The standard InChI is InChI=1S/C29H29ClO2/c1-19-15-16-23(21-11-7-5-8-12-21)20(2)24(19)18-32-28(31)27-25(29(27,3)4)17-26(30)22-13-9-6-10-14-22/h5-17,25,27H,18H2,1-4H3. The molecule has 0 N–H and O–H groups in total. The van der Waals surface area contributed by atoms with Crippen LogP contribution in [0, 0.1) is 31.1 Å². The van der Waals surface area contributed by atoms with E-state index >= 15 is 0 Å². The lowest BCUT2D eigenvalue weighted by Gasteiger charge is -2.15. The van der Waals surface area contributed by atoms with Crippen LogP contribution in [-0.2, 0) is 16.1 Å². The summed E-state index contributed by atoms with van der Waals surface area (Å²) in [5, 5.41) is 0.682. The molecule has 0 bridgehead atoms. The van der Waals surface area contributed by atoms with Gasteiger partial charge in [0, 0.05) is 5.03 Å². The van der Waals surface area contributed by atoms with Crippen LogP contribution in [0.3, 0.4) is 0 Å². The lowest BCUT2D eigenvalue weighted by atomic mass is 9.94. The normalized spacial score (nSPS) is 19.5. The number of carbonyl (C=O) groups excluding carboxylic acids is 1. The minimum absolute atomic E-state index is 0.0700. The number of ether oxygens (including phenoxy) is 1. The average Bonchev–Trinajstić information content (AvgIpc) is 3.34. The molecule has 1 saturated carbocycles. The van der Waals surface area contributed by atoms with Crippen molar-refractivity contribution in [1.82, 2.24) is 0 Å². The molecule has 0 saturated heterocycles. The molecule has 0 amide bonds. The van der Waals surface area contributed by atoms with E-state index in [1.54, 1.807) is 0 Å². The highest BCUT2D eigenvalue weighted by Crippen LogP contribution is 2.60. The van der Waals surface area contributed by atoms with Gasteiger partial charge in [0.15, 0.2) is 0 Å². The number of esters is 1. The minimum Gasteiger partial charge on any atom is -0.461 e. The molecule has 3 aromatic rings. The molecule has 1 fully saturated rings. The Morgan fingerprint density at radius 1 is 0.969 bits per heavy atom. The van der Waals surface area contributed by atoms with Crippen LogP contribution in [0.1, 0.15) is 36.1 Å². The van der Waals surface area contributed by atoms with E-state index in [1.807, 2.05) is 54.6 Å². The number of hydrogen-bond acceptors (Lipinski definition) is 2. The molecule has 2 unspecified atom stereocenters. The maximum atomic E-state index is 13.0. The first kappa shape index (κ1) is 22.4. The van der Waals surface area contributed by atoms with Crippen molar-refractivity contribution in [3.05, 3.63) is 101 Å². The Hall–Kier alpha value is -2.84. The van der Waals surface area contributed by atoms with Gasteiger partial charge in [-0.25, -0.2) is 0 Å². The average molecular weight is 445 g/mol. The van der Waals surface area contributed by atoms with Crippen molar-refractivity contribution in [2.75, 3.05) is 0 Å². The second-order valence-electron chi connectivity index (χ2n) is 9.21. The number of rotatable bonds is 6. The first-order valence-electron chi connectivity index (χ1n) is 11.0. The van der Waals surface area contributed by atoms with Gasteiger partial charge in [0.25, 0.3) is 0 Å². The Labute approximate surface area is 195 Å². The Kier molecular flexibility index (Phi) is 6.26. The fraction of sp³-hybridized carbons (Fsp3) is 0.276. The fourth-order valence-electron chi connectivity index (χ4n) is 4.57. The molecule has 2 atom stereocenters. The molecular weight excluding hydrogens is 416 g/mol. The predicted molar refractivity (Wildman–Crippen MR) is 132 cm³/mol. The number of benzene rings is 3. The number of hydrogen-bond donors (Lipinski definition) is 0. The third kappa shape index (κ3) is 4.38. The highest BCUT2D eigenvalue weighted by Gasteiger charge is 2.61. The second-order valence-corrected chi connectivity index (χ2v) is 9.62. The summed E-state index contributed by atoms with van der Waals surface area (Å²) in [6.07, 6.45) is 2.01. The van der Waals surface area contributed by atoms with Gasteiger partial charge in [0.1, 0.15) is 6.61 Å². The molecule has 4 rings (SSSR count). The van der Waals surface area contributed by atoms with Crippen LogP contribution in [0.15, 0.2) is 78.9 Å². The van der Waals surface area contributed by atoms with E-state index in [9.17, 15) is 4.79 Å². The van der Waals surface area contributed by atoms with E-state index in [2.05, 4.69) is 52.0 Å². The second kappa shape index (κ2) is 8.96. The Morgan fingerprint density at radius 3 is 2.25 bits per heavy atom. The Balaban J connectivity index is 1.48. The van der Waals surface area contributed by atoms with E-state index in [-0.39, 0.29) is 29.8 Å². The van der Waals surface area contributed by atoms with Gasteiger partial charge in [-0.3, -0.25) is 4.79 Å². The van der Waals surface area contributed by atoms with Crippen LogP contribution < -0.4 is 0 Å². The molecule has 32 heavy (non-hydrogen) atoms. The topological polar surface area (TPSA) is 26.3 Å². The predicted octanol–water partition coefficient (Wildman–Crippen LogP) is 7.57. The molecule has 3 aromatic carbocycles. The van der Waals surface area contributed by atoms with Gasteiger partial charge in [-0.05, 0) is 58.6 Å². The van der Waals surface area contributed by atoms with E-state index in [1.165, 1.54) is 11.1 Å². The number of allylic oxidation sites excluding steroid dienone is 1. The summed E-state index contributed by atoms with van der Waals surface area (Å²) in [5.74, 6) is -0.267. The smallest absolute Gasteiger partial charge is 0.310 e. The van der Waals surface area contributed by atoms with Crippen LogP contribution in [0.25, 0.3) is 16.2 Å². The summed E-state index contributed by atoms with van der Waals surface area (Å²) in [4.78, 5) is 13.0.